The Labute approximate surface area is 147 Å². The Bertz CT molecular complexity index is 1200. The Morgan fingerprint density at radius 1 is 1.23 bits per heavy atom. The van der Waals surface area contributed by atoms with Crippen LogP contribution in [0.5, 0.6) is 5.75 Å². The summed E-state index contributed by atoms with van der Waals surface area (Å²) in [6.07, 6.45) is 3.11. The molecule has 5 rings (SSSR count). The van der Waals surface area contributed by atoms with E-state index in [1.807, 2.05) is 0 Å². The molecule has 0 amide bonds. The SMILES string of the molecule is COc1ccc(-c2cc3c(cc2F)c2ocnc2c(=O)n3C2CC2)cc1. The number of halogens is 1. The van der Waals surface area contributed by atoms with Gasteiger partial charge in [0.2, 0.25) is 0 Å². The van der Waals surface area contributed by atoms with Crippen LogP contribution in [0.2, 0.25) is 0 Å². The van der Waals surface area contributed by atoms with E-state index in [0.29, 0.717) is 27.8 Å². The van der Waals surface area contributed by atoms with Crippen LogP contribution in [0.1, 0.15) is 18.9 Å². The van der Waals surface area contributed by atoms with Gasteiger partial charge in [0.25, 0.3) is 5.56 Å². The van der Waals surface area contributed by atoms with Crippen LogP contribution in [0.15, 0.2) is 52.0 Å². The van der Waals surface area contributed by atoms with Crippen molar-refractivity contribution in [2.75, 3.05) is 7.11 Å². The molecule has 0 saturated heterocycles. The molecule has 130 valence electrons. The molecule has 1 fully saturated rings. The zero-order valence-corrected chi connectivity index (χ0v) is 14.0. The van der Waals surface area contributed by atoms with Crippen LogP contribution < -0.4 is 10.3 Å². The van der Waals surface area contributed by atoms with Gasteiger partial charge in [0.15, 0.2) is 17.5 Å². The van der Waals surface area contributed by atoms with Crippen LogP contribution >= 0.6 is 0 Å². The van der Waals surface area contributed by atoms with E-state index in [0.717, 1.165) is 18.4 Å². The summed E-state index contributed by atoms with van der Waals surface area (Å²) in [7, 11) is 1.59. The second kappa shape index (κ2) is 5.42. The lowest BCUT2D eigenvalue weighted by molar-refractivity contribution is 0.415. The van der Waals surface area contributed by atoms with E-state index in [1.165, 1.54) is 12.5 Å². The normalized spacial score (nSPS) is 14.2. The summed E-state index contributed by atoms with van der Waals surface area (Å²) >= 11 is 0. The summed E-state index contributed by atoms with van der Waals surface area (Å²) in [4.78, 5) is 16.9. The number of aromatic nitrogens is 2. The largest absolute Gasteiger partial charge is 0.497 e. The van der Waals surface area contributed by atoms with Crippen molar-refractivity contribution in [3.05, 3.63) is 59.0 Å². The van der Waals surface area contributed by atoms with Crippen molar-refractivity contribution in [1.29, 1.82) is 0 Å². The van der Waals surface area contributed by atoms with Crippen molar-refractivity contribution in [2.45, 2.75) is 18.9 Å². The van der Waals surface area contributed by atoms with E-state index in [9.17, 15) is 9.18 Å². The van der Waals surface area contributed by atoms with Crippen LogP contribution in [0, 0.1) is 5.82 Å². The molecule has 26 heavy (non-hydrogen) atoms. The number of hydrogen-bond acceptors (Lipinski definition) is 4. The summed E-state index contributed by atoms with van der Waals surface area (Å²) in [6.45, 7) is 0. The standard InChI is InChI=1S/C20H15FN2O3/c1-25-13-6-2-11(3-7-13)14-9-17-15(8-16(14)21)19-18(22-10-26-19)20(24)23(17)12-4-5-12/h2-3,6-10,12H,4-5H2,1H3. The maximum atomic E-state index is 14.9. The average Bonchev–Trinajstić information content (AvgIpc) is 3.36. The quantitative estimate of drug-likeness (QED) is 0.553. The topological polar surface area (TPSA) is 57.3 Å². The molecule has 2 aromatic carbocycles. The molecule has 0 N–H and O–H groups in total. The molecule has 0 atom stereocenters. The Morgan fingerprint density at radius 3 is 2.69 bits per heavy atom. The Kier molecular flexibility index (Phi) is 3.16. The first kappa shape index (κ1) is 15.1. The smallest absolute Gasteiger partial charge is 0.281 e. The van der Waals surface area contributed by atoms with Gasteiger partial charge in [-0.1, -0.05) is 12.1 Å². The fraction of sp³-hybridized carbons (Fsp3) is 0.200. The molecule has 4 aromatic rings. The predicted octanol–water partition coefficient (Wildman–Crippen LogP) is 4.29. The van der Waals surface area contributed by atoms with Gasteiger partial charge in [-0.05, 0) is 42.7 Å². The van der Waals surface area contributed by atoms with E-state index >= 15 is 0 Å². The molecule has 0 radical (unpaired) electrons. The third-order valence-electron chi connectivity index (χ3n) is 4.89. The highest BCUT2D eigenvalue weighted by molar-refractivity contribution is 6.02. The maximum absolute atomic E-state index is 14.9. The van der Waals surface area contributed by atoms with Gasteiger partial charge in [0, 0.05) is 17.0 Å². The second-order valence-electron chi connectivity index (χ2n) is 6.51. The van der Waals surface area contributed by atoms with Gasteiger partial charge < -0.3 is 13.7 Å². The summed E-state index contributed by atoms with van der Waals surface area (Å²) in [5, 5.41) is 0.568. The average molecular weight is 350 g/mol. The van der Waals surface area contributed by atoms with Crippen molar-refractivity contribution >= 4 is 22.0 Å². The molecule has 1 aliphatic carbocycles. The fourth-order valence-electron chi connectivity index (χ4n) is 3.44. The minimum Gasteiger partial charge on any atom is -0.497 e. The zero-order chi connectivity index (χ0) is 17.8. The van der Waals surface area contributed by atoms with E-state index < -0.39 is 0 Å². The third kappa shape index (κ3) is 2.15. The van der Waals surface area contributed by atoms with E-state index in [4.69, 9.17) is 9.15 Å². The third-order valence-corrected chi connectivity index (χ3v) is 4.89. The molecule has 0 bridgehead atoms. The monoisotopic (exact) mass is 350 g/mol. The molecule has 0 spiro atoms. The van der Waals surface area contributed by atoms with Crippen molar-refractivity contribution < 1.29 is 13.5 Å². The number of methoxy groups -OCH3 is 1. The highest BCUT2D eigenvalue weighted by Crippen LogP contribution is 2.39. The molecular weight excluding hydrogens is 335 g/mol. The van der Waals surface area contributed by atoms with Crippen LogP contribution in [0.3, 0.4) is 0 Å². The molecular formula is C20H15FN2O3. The van der Waals surface area contributed by atoms with Crippen molar-refractivity contribution in [3.63, 3.8) is 0 Å². The second-order valence-corrected chi connectivity index (χ2v) is 6.51. The maximum Gasteiger partial charge on any atom is 0.281 e. The Morgan fingerprint density at radius 2 is 2.00 bits per heavy atom. The van der Waals surface area contributed by atoms with Gasteiger partial charge in [-0.25, -0.2) is 9.37 Å². The first-order valence-electron chi connectivity index (χ1n) is 8.43. The van der Waals surface area contributed by atoms with Crippen LogP contribution in [-0.4, -0.2) is 16.7 Å². The number of pyridine rings is 1. The van der Waals surface area contributed by atoms with Gasteiger partial charge in [-0.3, -0.25) is 4.79 Å². The van der Waals surface area contributed by atoms with Gasteiger partial charge in [0.1, 0.15) is 11.6 Å². The Hall–Kier alpha value is -3.15. The molecule has 1 aliphatic rings. The highest BCUT2D eigenvalue weighted by Gasteiger charge is 2.29. The fourth-order valence-corrected chi connectivity index (χ4v) is 3.44. The molecule has 0 aliphatic heterocycles. The summed E-state index contributed by atoms with van der Waals surface area (Å²) < 4.78 is 27.2. The lowest BCUT2D eigenvalue weighted by atomic mass is 10.0. The number of fused-ring (bicyclic) bond motifs is 3. The predicted molar refractivity (Wildman–Crippen MR) is 96.0 cm³/mol. The van der Waals surface area contributed by atoms with Gasteiger partial charge in [-0.2, -0.15) is 0 Å². The molecule has 1 saturated carbocycles. The van der Waals surface area contributed by atoms with E-state index in [2.05, 4.69) is 4.98 Å². The van der Waals surface area contributed by atoms with Crippen molar-refractivity contribution in [2.24, 2.45) is 0 Å². The van der Waals surface area contributed by atoms with Crippen LogP contribution in [-0.2, 0) is 0 Å². The zero-order valence-electron chi connectivity index (χ0n) is 14.0. The lowest BCUT2D eigenvalue weighted by Gasteiger charge is -2.12. The number of hydrogen-bond donors (Lipinski definition) is 0. The van der Waals surface area contributed by atoms with Crippen LogP contribution in [0.4, 0.5) is 4.39 Å². The number of oxazole rings is 1. The van der Waals surface area contributed by atoms with Gasteiger partial charge in [-0.15, -0.1) is 0 Å². The molecule has 2 aromatic heterocycles. The summed E-state index contributed by atoms with van der Waals surface area (Å²) in [6, 6.07) is 10.5. The van der Waals surface area contributed by atoms with E-state index in [-0.39, 0.29) is 22.9 Å². The highest BCUT2D eigenvalue weighted by atomic mass is 19.1. The number of ether oxygens (including phenoxy) is 1. The first-order chi connectivity index (χ1) is 12.7. The van der Waals surface area contributed by atoms with Crippen molar-refractivity contribution in [3.8, 4) is 16.9 Å². The van der Waals surface area contributed by atoms with Gasteiger partial charge >= 0.3 is 0 Å². The molecule has 0 unspecified atom stereocenters. The summed E-state index contributed by atoms with van der Waals surface area (Å²) in [5.41, 5.74) is 2.23. The van der Waals surface area contributed by atoms with E-state index in [1.54, 1.807) is 42.0 Å². The minimum atomic E-state index is -0.374. The van der Waals surface area contributed by atoms with Gasteiger partial charge in [0.05, 0.1) is 12.6 Å². The number of nitrogens with zero attached hydrogens (tertiary/aromatic N) is 2. The number of benzene rings is 2. The Balaban J connectivity index is 1.84. The minimum absolute atomic E-state index is 0.139. The molecule has 5 nitrogen and oxygen atoms in total. The number of rotatable bonds is 3. The van der Waals surface area contributed by atoms with Crippen LogP contribution in [0.25, 0.3) is 33.1 Å². The van der Waals surface area contributed by atoms with Crippen molar-refractivity contribution in [1.82, 2.24) is 9.55 Å². The molecule has 6 heteroatoms. The summed E-state index contributed by atoms with van der Waals surface area (Å²) in [5.74, 6) is 0.328. The molecule has 2 heterocycles. The first-order valence-corrected chi connectivity index (χ1v) is 8.43. The lowest BCUT2D eigenvalue weighted by Crippen LogP contribution is -2.20.